The van der Waals surface area contributed by atoms with Crippen LogP contribution in [0.25, 0.3) is 0 Å². The van der Waals surface area contributed by atoms with Crippen molar-refractivity contribution in [2.45, 2.75) is 75.2 Å². The van der Waals surface area contributed by atoms with E-state index in [1.165, 1.54) is 12.0 Å². The number of methoxy groups -OCH3 is 1. The number of piperazine rings is 1. The van der Waals surface area contributed by atoms with Crippen LogP contribution in [0.3, 0.4) is 0 Å². The number of benzene rings is 2. The van der Waals surface area contributed by atoms with Gasteiger partial charge in [0.1, 0.15) is 17.8 Å². The number of hydrogen-bond acceptors (Lipinski definition) is 4. The van der Waals surface area contributed by atoms with Crippen LogP contribution < -0.4 is 10.1 Å². The molecule has 1 saturated heterocycles. The second-order valence-corrected chi connectivity index (χ2v) is 10.2. The number of ether oxygens (including phenoxy) is 1. The third-order valence-corrected chi connectivity index (χ3v) is 7.74. The Balaban J connectivity index is 1.68. The maximum absolute atomic E-state index is 14.5. The highest BCUT2D eigenvalue weighted by molar-refractivity contribution is 5.36. The van der Waals surface area contributed by atoms with Gasteiger partial charge >= 0.3 is 12.4 Å². The Hall–Kier alpha value is -2.30. The number of nitrogens with zero attached hydrogens (tertiary/aromatic N) is 2. The number of rotatable bonds is 8. The van der Waals surface area contributed by atoms with Gasteiger partial charge in [0.15, 0.2) is 0 Å². The maximum atomic E-state index is 14.5. The van der Waals surface area contributed by atoms with E-state index in [0.717, 1.165) is 16.9 Å². The minimum absolute atomic E-state index is 0.161. The lowest BCUT2D eigenvalue weighted by Gasteiger charge is -2.53. The van der Waals surface area contributed by atoms with Crippen LogP contribution in [0.1, 0.15) is 49.3 Å². The molecule has 2 aromatic rings. The highest BCUT2D eigenvalue weighted by Crippen LogP contribution is 2.43. The molecule has 3 atom stereocenters. The fourth-order valence-corrected chi connectivity index (χ4v) is 5.94. The zero-order valence-corrected chi connectivity index (χ0v) is 21.4. The molecule has 3 unspecified atom stereocenters. The summed E-state index contributed by atoms with van der Waals surface area (Å²) in [7, 11) is 1.45. The van der Waals surface area contributed by atoms with E-state index >= 15 is 0 Å². The molecule has 1 heterocycles. The third kappa shape index (κ3) is 6.82. The molecule has 1 saturated carbocycles. The van der Waals surface area contributed by atoms with Crippen LogP contribution in [0.4, 0.5) is 26.3 Å². The number of alkyl halides is 6. The van der Waals surface area contributed by atoms with Crippen molar-refractivity contribution in [3.8, 4) is 5.75 Å². The topological polar surface area (TPSA) is 27.7 Å². The van der Waals surface area contributed by atoms with Gasteiger partial charge in [0, 0.05) is 37.8 Å². The molecular weight excluding hydrogens is 508 g/mol. The summed E-state index contributed by atoms with van der Waals surface area (Å²) in [6, 6.07) is 10.4. The molecule has 0 amide bonds. The zero-order chi connectivity index (χ0) is 27.3. The molecule has 0 spiro atoms. The molecular formula is C28H35F6N3O. The Labute approximate surface area is 219 Å². The van der Waals surface area contributed by atoms with Crippen molar-refractivity contribution in [3.05, 3.63) is 65.7 Å². The van der Waals surface area contributed by atoms with Crippen molar-refractivity contribution in [1.29, 1.82) is 0 Å². The predicted molar refractivity (Wildman–Crippen MR) is 134 cm³/mol. The molecule has 0 bridgehead atoms. The molecule has 2 fully saturated rings. The van der Waals surface area contributed by atoms with Crippen molar-refractivity contribution in [2.24, 2.45) is 0 Å². The Bertz CT molecular complexity index is 986. The number of para-hydroxylation sites is 1. The fourth-order valence-electron chi connectivity index (χ4n) is 5.94. The van der Waals surface area contributed by atoms with E-state index in [-0.39, 0.29) is 6.54 Å². The van der Waals surface area contributed by atoms with Crippen LogP contribution in [-0.4, -0.2) is 67.0 Å². The van der Waals surface area contributed by atoms with Crippen molar-refractivity contribution in [3.63, 3.8) is 0 Å². The van der Waals surface area contributed by atoms with Gasteiger partial charge in [0.05, 0.1) is 13.2 Å². The summed E-state index contributed by atoms with van der Waals surface area (Å²) >= 11 is 0. The van der Waals surface area contributed by atoms with Crippen LogP contribution in [0.5, 0.6) is 5.75 Å². The predicted octanol–water partition coefficient (Wildman–Crippen LogP) is 6.34. The van der Waals surface area contributed by atoms with Crippen LogP contribution in [0.15, 0.2) is 54.6 Å². The average Bonchev–Trinajstić information content (AvgIpc) is 2.90. The molecule has 4 nitrogen and oxygen atoms in total. The Kier molecular flexibility index (Phi) is 9.26. The van der Waals surface area contributed by atoms with E-state index in [1.807, 2.05) is 30.3 Å². The second kappa shape index (κ2) is 12.3. The Morgan fingerprint density at radius 3 is 2.00 bits per heavy atom. The average molecular weight is 544 g/mol. The SMILES string of the molecule is COc1ccccc1C(CNCc1ccccc1)N1CC(C(F)(F)F)N(C2CCCCC2)C(C(F)(F)F)C1. The Morgan fingerprint density at radius 1 is 0.842 bits per heavy atom. The van der Waals surface area contributed by atoms with Crippen molar-refractivity contribution >= 4 is 0 Å². The molecule has 0 radical (unpaired) electrons. The largest absolute Gasteiger partial charge is 0.496 e. The summed E-state index contributed by atoms with van der Waals surface area (Å²) in [6.45, 7) is -0.488. The van der Waals surface area contributed by atoms with Crippen LogP contribution >= 0.6 is 0 Å². The van der Waals surface area contributed by atoms with Gasteiger partial charge < -0.3 is 10.1 Å². The quantitative estimate of drug-likeness (QED) is 0.394. The minimum atomic E-state index is -4.80. The van der Waals surface area contributed by atoms with Crippen molar-refractivity contribution < 1.29 is 31.1 Å². The first-order chi connectivity index (χ1) is 18.1. The normalized spacial score (nSPS) is 23.3. The Morgan fingerprint density at radius 2 is 1.42 bits per heavy atom. The minimum Gasteiger partial charge on any atom is -0.496 e. The van der Waals surface area contributed by atoms with Gasteiger partial charge in [0.25, 0.3) is 0 Å². The third-order valence-electron chi connectivity index (χ3n) is 7.74. The first-order valence-electron chi connectivity index (χ1n) is 13.1. The number of halogens is 6. The molecule has 10 heteroatoms. The summed E-state index contributed by atoms with van der Waals surface area (Å²) < 4.78 is 92.4. The summed E-state index contributed by atoms with van der Waals surface area (Å²) in [5.41, 5.74) is 1.53. The summed E-state index contributed by atoms with van der Waals surface area (Å²) in [5, 5.41) is 3.26. The van der Waals surface area contributed by atoms with Crippen molar-refractivity contribution in [1.82, 2.24) is 15.1 Å². The first kappa shape index (κ1) is 28.7. The summed E-state index contributed by atoms with van der Waals surface area (Å²) in [5.74, 6) is 0.431. The van der Waals surface area contributed by atoms with Crippen LogP contribution in [0.2, 0.25) is 0 Å². The lowest BCUT2D eigenvalue weighted by Crippen LogP contribution is -2.70. The van der Waals surface area contributed by atoms with Gasteiger partial charge in [-0.1, -0.05) is 67.8 Å². The molecule has 0 aromatic heterocycles. The van der Waals surface area contributed by atoms with Crippen LogP contribution in [-0.2, 0) is 6.54 Å². The first-order valence-corrected chi connectivity index (χ1v) is 13.1. The highest BCUT2D eigenvalue weighted by atomic mass is 19.4. The van der Waals surface area contributed by atoms with Gasteiger partial charge in [-0.05, 0) is 24.5 Å². The molecule has 4 rings (SSSR count). The lowest BCUT2D eigenvalue weighted by molar-refractivity contribution is -0.266. The van der Waals surface area contributed by atoms with Gasteiger partial charge in [-0.3, -0.25) is 9.80 Å². The number of nitrogens with one attached hydrogen (secondary N) is 1. The van der Waals surface area contributed by atoms with E-state index < -0.39 is 49.6 Å². The highest BCUT2D eigenvalue weighted by Gasteiger charge is 2.58. The lowest BCUT2D eigenvalue weighted by atomic mass is 9.89. The second-order valence-electron chi connectivity index (χ2n) is 10.2. The molecule has 210 valence electrons. The van der Waals surface area contributed by atoms with E-state index in [9.17, 15) is 26.3 Å². The summed E-state index contributed by atoms with van der Waals surface area (Å²) in [6.07, 6.45) is -6.76. The van der Waals surface area contributed by atoms with E-state index in [2.05, 4.69) is 5.32 Å². The molecule has 2 aromatic carbocycles. The monoisotopic (exact) mass is 543 g/mol. The van der Waals surface area contributed by atoms with Crippen molar-refractivity contribution in [2.75, 3.05) is 26.7 Å². The molecule has 1 aliphatic carbocycles. The molecule has 1 N–H and O–H groups in total. The number of hydrogen-bond donors (Lipinski definition) is 1. The molecule has 1 aliphatic heterocycles. The van der Waals surface area contributed by atoms with E-state index in [1.54, 1.807) is 24.3 Å². The van der Waals surface area contributed by atoms with E-state index in [4.69, 9.17) is 4.74 Å². The standard InChI is InChI=1S/C28H35F6N3O/c1-38-24-15-9-8-14-22(24)23(17-35-16-20-10-4-2-5-11-20)36-18-25(27(29,30)31)37(21-12-6-3-7-13-21)26(19-36)28(32,33)34/h2,4-5,8-11,14-15,21,23,25-26,35H,3,6-7,12-13,16-19H2,1H3. The fraction of sp³-hybridized carbons (Fsp3) is 0.571. The van der Waals surface area contributed by atoms with Gasteiger partial charge in [0.2, 0.25) is 0 Å². The zero-order valence-electron chi connectivity index (χ0n) is 21.4. The molecule has 38 heavy (non-hydrogen) atoms. The molecule has 2 aliphatic rings. The summed E-state index contributed by atoms with van der Waals surface area (Å²) in [4.78, 5) is 2.11. The van der Waals surface area contributed by atoms with Gasteiger partial charge in [-0.15, -0.1) is 0 Å². The van der Waals surface area contributed by atoms with Gasteiger partial charge in [-0.25, -0.2) is 0 Å². The van der Waals surface area contributed by atoms with E-state index in [0.29, 0.717) is 43.5 Å². The maximum Gasteiger partial charge on any atom is 0.405 e. The van der Waals surface area contributed by atoms with Gasteiger partial charge in [-0.2, -0.15) is 26.3 Å². The smallest absolute Gasteiger partial charge is 0.405 e. The van der Waals surface area contributed by atoms with Crippen LogP contribution in [0, 0.1) is 0 Å².